The van der Waals surface area contributed by atoms with Crippen LogP contribution in [-0.4, -0.2) is 72.5 Å². The fraction of sp³-hybridized carbons (Fsp3) is 0.500. The van der Waals surface area contributed by atoms with Crippen molar-refractivity contribution in [3.8, 4) is 11.5 Å². The molecule has 0 bridgehead atoms. The number of rotatable bonds is 1. The van der Waals surface area contributed by atoms with Crippen LogP contribution in [0, 0.1) is 13.8 Å². The van der Waals surface area contributed by atoms with E-state index in [0.29, 0.717) is 18.9 Å². The molecule has 4 heterocycles. The molecule has 4 N–H and O–H groups in total. The van der Waals surface area contributed by atoms with E-state index in [1.165, 1.54) is 25.3 Å². The number of hydrogen-bond donors (Lipinski definition) is 3. The first-order valence-corrected chi connectivity index (χ1v) is 9.90. The van der Waals surface area contributed by atoms with Crippen LogP contribution in [0.5, 0.6) is 11.5 Å². The first-order chi connectivity index (χ1) is 14.8. The molecule has 0 atom stereocenters. The molecule has 0 saturated carbocycles. The van der Waals surface area contributed by atoms with Crippen molar-refractivity contribution in [1.29, 1.82) is 0 Å². The fourth-order valence-electron chi connectivity index (χ4n) is 2.78. The first kappa shape index (κ1) is 24.4. The van der Waals surface area contributed by atoms with Crippen LogP contribution in [0.15, 0.2) is 38.6 Å². The Morgan fingerprint density at radius 3 is 1.90 bits per heavy atom. The average Bonchev–Trinajstić information content (AvgIpc) is 2.78. The van der Waals surface area contributed by atoms with E-state index in [0.717, 1.165) is 39.4 Å². The Hall–Kier alpha value is -2.86. The molecule has 0 aromatic carbocycles. The Bertz CT molecular complexity index is 932. The van der Waals surface area contributed by atoms with Gasteiger partial charge in [-0.25, -0.2) is 5.01 Å². The highest BCUT2D eigenvalue weighted by Gasteiger charge is 2.14. The van der Waals surface area contributed by atoms with Crippen molar-refractivity contribution in [3.63, 3.8) is 0 Å². The molecule has 172 valence electrons. The first-order valence-electron chi connectivity index (χ1n) is 9.90. The van der Waals surface area contributed by atoms with E-state index in [2.05, 4.69) is 4.42 Å². The van der Waals surface area contributed by atoms with E-state index >= 15 is 0 Å². The van der Waals surface area contributed by atoms with Crippen molar-refractivity contribution < 1.29 is 24.1 Å². The molecule has 11 nitrogen and oxygen atoms in total. The second-order valence-corrected chi connectivity index (χ2v) is 6.86. The van der Waals surface area contributed by atoms with E-state index in [1.54, 1.807) is 22.8 Å². The maximum atomic E-state index is 11.2. The average molecular weight is 438 g/mol. The van der Waals surface area contributed by atoms with E-state index in [9.17, 15) is 14.7 Å². The summed E-state index contributed by atoms with van der Waals surface area (Å²) in [6.07, 6.45) is 2.93. The maximum absolute atomic E-state index is 11.2. The van der Waals surface area contributed by atoms with Crippen LogP contribution in [0.1, 0.15) is 11.5 Å². The lowest BCUT2D eigenvalue weighted by molar-refractivity contribution is 0.0378. The molecule has 31 heavy (non-hydrogen) atoms. The summed E-state index contributed by atoms with van der Waals surface area (Å²) in [6, 6.07) is 2.54. The van der Waals surface area contributed by atoms with Gasteiger partial charge in [0.05, 0.1) is 51.5 Å². The Kier molecular flexibility index (Phi) is 9.53. The predicted octanol–water partition coefficient (Wildman–Crippen LogP) is -0.323. The molecule has 0 aliphatic carbocycles. The molecule has 4 rings (SSSR count). The van der Waals surface area contributed by atoms with Crippen molar-refractivity contribution in [2.75, 3.05) is 57.6 Å². The third-order valence-electron chi connectivity index (χ3n) is 4.66. The highest BCUT2D eigenvalue weighted by molar-refractivity contribution is 5.26. The minimum atomic E-state index is -0.404. The molecule has 11 heteroatoms. The molecule has 2 aliphatic heterocycles. The number of hydrazine groups is 1. The number of morpholine rings is 2. The number of nitrogens with zero attached hydrogens (tertiary/aromatic N) is 3. The molecule has 0 radical (unpaired) electrons. The van der Waals surface area contributed by atoms with E-state index in [1.807, 2.05) is 5.01 Å². The Labute approximate surface area is 179 Å². The zero-order valence-electron chi connectivity index (χ0n) is 17.8. The summed E-state index contributed by atoms with van der Waals surface area (Å²) >= 11 is 0. The number of aromatic nitrogens is 1. The highest BCUT2D eigenvalue weighted by Crippen LogP contribution is 2.10. The summed E-state index contributed by atoms with van der Waals surface area (Å²) in [6.45, 7) is 9.46. The van der Waals surface area contributed by atoms with Gasteiger partial charge in [-0.2, -0.15) is 0 Å². The molecule has 0 spiro atoms. The van der Waals surface area contributed by atoms with Crippen molar-refractivity contribution in [2.24, 2.45) is 5.84 Å². The van der Waals surface area contributed by atoms with Gasteiger partial charge in [0, 0.05) is 31.4 Å². The van der Waals surface area contributed by atoms with Gasteiger partial charge < -0.3 is 29.1 Å². The van der Waals surface area contributed by atoms with Crippen molar-refractivity contribution in [1.82, 2.24) is 9.69 Å². The molecule has 2 fully saturated rings. The van der Waals surface area contributed by atoms with Crippen LogP contribution in [-0.2, 0) is 9.47 Å². The number of nitrogens with two attached hydrogens (primary N) is 1. The summed E-state index contributed by atoms with van der Waals surface area (Å²) in [7, 11) is 0. The summed E-state index contributed by atoms with van der Waals surface area (Å²) < 4.78 is 16.7. The van der Waals surface area contributed by atoms with Crippen LogP contribution in [0.3, 0.4) is 0 Å². The highest BCUT2D eigenvalue weighted by atomic mass is 16.5. The Balaban J connectivity index is 0.000000181. The van der Waals surface area contributed by atoms with Crippen molar-refractivity contribution in [2.45, 2.75) is 13.8 Å². The van der Waals surface area contributed by atoms with Gasteiger partial charge in [-0.15, -0.1) is 0 Å². The number of aryl methyl sites for hydroxylation is 1. The zero-order valence-corrected chi connectivity index (χ0v) is 17.8. The molecule has 2 saturated heterocycles. The zero-order chi connectivity index (χ0) is 22.8. The van der Waals surface area contributed by atoms with Crippen LogP contribution in [0.25, 0.3) is 0 Å². The summed E-state index contributed by atoms with van der Waals surface area (Å²) in [5.41, 5.74) is -0.167. The van der Waals surface area contributed by atoms with Gasteiger partial charge in [-0.1, -0.05) is 0 Å². The monoisotopic (exact) mass is 438 g/mol. The molecule has 2 aliphatic rings. The molecule has 2 aromatic heterocycles. The van der Waals surface area contributed by atoms with E-state index in [-0.39, 0.29) is 22.7 Å². The van der Waals surface area contributed by atoms with Crippen LogP contribution < -0.4 is 21.7 Å². The lowest BCUT2D eigenvalue weighted by Crippen LogP contribution is -2.44. The fourth-order valence-corrected chi connectivity index (χ4v) is 2.78. The summed E-state index contributed by atoms with van der Waals surface area (Å²) in [5, 5.41) is 22.1. The number of ether oxygens (including phenoxy) is 2. The van der Waals surface area contributed by atoms with E-state index in [4.69, 9.17) is 20.4 Å². The van der Waals surface area contributed by atoms with Crippen LogP contribution >= 0.6 is 0 Å². The van der Waals surface area contributed by atoms with Gasteiger partial charge in [0.1, 0.15) is 5.76 Å². The molecule has 0 unspecified atom stereocenters. The summed E-state index contributed by atoms with van der Waals surface area (Å²) in [4.78, 5) is 21.7. The topological polar surface area (TPSA) is 144 Å². The molecular formula is C20H30N4O7. The molecule has 0 amide bonds. The lowest BCUT2D eigenvalue weighted by atomic mass is 10.3. The van der Waals surface area contributed by atoms with Crippen molar-refractivity contribution in [3.05, 3.63) is 56.5 Å². The van der Waals surface area contributed by atoms with Gasteiger partial charge >= 0.3 is 0 Å². The van der Waals surface area contributed by atoms with Crippen molar-refractivity contribution >= 4 is 0 Å². The smallest absolute Gasteiger partial charge is 0.226 e. The quantitative estimate of drug-likeness (QED) is 0.507. The van der Waals surface area contributed by atoms with Crippen LogP contribution in [0.2, 0.25) is 0 Å². The summed E-state index contributed by atoms with van der Waals surface area (Å²) in [5.74, 6) is 5.16. The minimum absolute atomic E-state index is 0.177. The third-order valence-corrected chi connectivity index (χ3v) is 4.66. The minimum Gasteiger partial charge on any atom is -0.503 e. The number of pyridine rings is 1. The van der Waals surface area contributed by atoms with Gasteiger partial charge in [0.15, 0.2) is 5.75 Å². The largest absolute Gasteiger partial charge is 0.503 e. The standard InChI is InChI=1S/C10H14N2O3.C6H6O3.C4H10N2O/c1-8-10(14)9(13)2-3-12(8)11-4-6-15-7-5-11;1-4-6(8)5(7)2-3-9-4;5-6-1-3-7-4-2-6/h2-3,14H,4-7H2,1H3;2-3,8H,1H3;1-5H2. The molecule has 2 aromatic rings. The maximum Gasteiger partial charge on any atom is 0.226 e. The van der Waals surface area contributed by atoms with Gasteiger partial charge in [-0.3, -0.25) is 20.1 Å². The second kappa shape index (κ2) is 12.1. The van der Waals surface area contributed by atoms with Gasteiger partial charge in [0.2, 0.25) is 16.6 Å². The lowest BCUT2D eigenvalue weighted by Gasteiger charge is -2.32. The number of aromatic hydroxyl groups is 2. The third kappa shape index (κ3) is 7.40. The van der Waals surface area contributed by atoms with Gasteiger partial charge in [0.25, 0.3) is 0 Å². The normalized spacial score (nSPS) is 16.5. The van der Waals surface area contributed by atoms with Crippen LogP contribution in [0.4, 0.5) is 0 Å². The number of hydrogen-bond acceptors (Lipinski definition) is 10. The predicted molar refractivity (Wildman–Crippen MR) is 114 cm³/mol. The van der Waals surface area contributed by atoms with Gasteiger partial charge in [-0.05, 0) is 13.8 Å². The SMILES string of the molecule is Cc1c(O)c(=O)ccn1N1CCOCC1.Cc1occc(=O)c1O.NN1CCOCC1. The van der Waals surface area contributed by atoms with E-state index < -0.39 is 5.43 Å². The Morgan fingerprint density at radius 1 is 0.871 bits per heavy atom. The Morgan fingerprint density at radius 2 is 1.42 bits per heavy atom. The second-order valence-electron chi connectivity index (χ2n) is 6.86. The molecular weight excluding hydrogens is 408 g/mol.